The standard InChI is InChI=1S/C20H30N2/c1-2-5-17(6-3-1)20(11-14-21-15-12-20)13-16-22-18-7-4-8-19(22)10-9-18/h1-3,5-6,18-19,21H,4,7-16H2/t18-,19?/m1/s1. The predicted molar refractivity (Wildman–Crippen MR) is 92.2 cm³/mol. The second kappa shape index (κ2) is 6.33. The molecule has 22 heavy (non-hydrogen) atoms. The van der Waals surface area contributed by atoms with Gasteiger partial charge in [-0.2, -0.15) is 0 Å². The molecule has 120 valence electrons. The minimum atomic E-state index is 0.420. The Kier molecular flexibility index (Phi) is 4.23. The van der Waals surface area contributed by atoms with Crippen LogP contribution in [0.4, 0.5) is 0 Å². The van der Waals surface area contributed by atoms with E-state index in [2.05, 4.69) is 40.5 Å². The van der Waals surface area contributed by atoms with Gasteiger partial charge in [0, 0.05) is 12.1 Å². The summed E-state index contributed by atoms with van der Waals surface area (Å²) in [6, 6.07) is 13.2. The lowest BCUT2D eigenvalue weighted by Gasteiger charge is -2.42. The lowest BCUT2D eigenvalue weighted by molar-refractivity contribution is 0.120. The van der Waals surface area contributed by atoms with Gasteiger partial charge in [-0.1, -0.05) is 36.8 Å². The number of nitrogens with zero attached hydrogens (tertiary/aromatic N) is 1. The number of hydrogen-bond acceptors (Lipinski definition) is 2. The first-order valence-corrected chi connectivity index (χ1v) is 9.39. The van der Waals surface area contributed by atoms with Crippen molar-refractivity contribution in [1.82, 2.24) is 10.2 Å². The van der Waals surface area contributed by atoms with E-state index in [1.165, 1.54) is 71.0 Å². The van der Waals surface area contributed by atoms with Crippen LogP contribution in [0.1, 0.15) is 56.9 Å². The molecule has 0 saturated carbocycles. The van der Waals surface area contributed by atoms with Crippen LogP contribution in [-0.4, -0.2) is 36.6 Å². The van der Waals surface area contributed by atoms with Crippen molar-refractivity contribution >= 4 is 0 Å². The van der Waals surface area contributed by atoms with Gasteiger partial charge in [-0.05, 0) is 75.6 Å². The van der Waals surface area contributed by atoms with Crippen molar-refractivity contribution < 1.29 is 0 Å². The number of piperidine rings is 2. The third-order valence-corrected chi connectivity index (χ3v) is 6.64. The molecule has 2 bridgehead atoms. The molecular weight excluding hydrogens is 268 g/mol. The lowest BCUT2D eigenvalue weighted by atomic mass is 9.70. The van der Waals surface area contributed by atoms with Crippen molar-refractivity contribution in [3.63, 3.8) is 0 Å². The molecule has 2 heteroatoms. The number of nitrogens with one attached hydrogen (secondary N) is 1. The Bertz CT molecular complexity index is 462. The number of rotatable bonds is 4. The van der Waals surface area contributed by atoms with Gasteiger partial charge in [-0.25, -0.2) is 0 Å². The second-order valence-electron chi connectivity index (χ2n) is 7.70. The number of fused-ring (bicyclic) bond motifs is 2. The zero-order valence-electron chi connectivity index (χ0n) is 13.8. The summed E-state index contributed by atoms with van der Waals surface area (Å²) in [6.45, 7) is 3.69. The molecule has 2 atom stereocenters. The summed E-state index contributed by atoms with van der Waals surface area (Å²) in [4.78, 5) is 2.89. The van der Waals surface area contributed by atoms with E-state index in [1.807, 2.05) is 0 Å². The zero-order chi connectivity index (χ0) is 14.8. The van der Waals surface area contributed by atoms with Crippen molar-refractivity contribution in [2.24, 2.45) is 0 Å². The van der Waals surface area contributed by atoms with Crippen LogP contribution < -0.4 is 5.32 Å². The fourth-order valence-electron chi connectivity index (χ4n) is 5.31. The first-order chi connectivity index (χ1) is 10.9. The third-order valence-electron chi connectivity index (χ3n) is 6.64. The first kappa shape index (κ1) is 14.7. The van der Waals surface area contributed by atoms with Gasteiger partial charge in [0.2, 0.25) is 0 Å². The van der Waals surface area contributed by atoms with Crippen molar-refractivity contribution in [3.05, 3.63) is 35.9 Å². The summed E-state index contributed by atoms with van der Waals surface area (Å²) in [6.07, 6.45) is 11.3. The molecule has 3 heterocycles. The van der Waals surface area contributed by atoms with Crippen LogP contribution >= 0.6 is 0 Å². The van der Waals surface area contributed by atoms with Crippen molar-refractivity contribution in [2.45, 2.75) is 68.9 Å². The molecule has 1 unspecified atom stereocenters. The van der Waals surface area contributed by atoms with Crippen LogP contribution in [0.2, 0.25) is 0 Å². The van der Waals surface area contributed by atoms with E-state index in [0.717, 1.165) is 12.1 Å². The summed E-state index contributed by atoms with van der Waals surface area (Å²) >= 11 is 0. The van der Waals surface area contributed by atoms with Crippen LogP contribution in [0.25, 0.3) is 0 Å². The van der Waals surface area contributed by atoms with Crippen LogP contribution in [0.3, 0.4) is 0 Å². The molecule has 1 aromatic rings. The fraction of sp³-hybridized carbons (Fsp3) is 0.700. The molecule has 4 rings (SSSR count). The molecule has 0 aromatic heterocycles. The van der Waals surface area contributed by atoms with Gasteiger partial charge in [0.25, 0.3) is 0 Å². The molecule has 3 aliphatic heterocycles. The maximum absolute atomic E-state index is 3.56. The maximum Gasteiger partial charge on any atom is 0.00987 e. The van der Waals surface area contributed by atoms with E-state index in [0.29, 0.717) is 5.41 Å². The van der Waals surface area contributed by atoms with Crippen LogP contribution in [-0.2, 0) is 5.41 Å². The first-order valence-electron chi connectivity index (χ1n) is 9.39. The largest absolute Gasteiger partial charge is 0.317 e. The molecular formula is C20H30N2. The Balaban J connectivity index is 1.50. The molecule has 3 fully saturated rings. The molecule has 1 aromatic carbocycles. The topological polar surface area (TPSA) is 15.3 Å². The Morgan fingerprint density at radius 2 is 1.64 bits per heavy atom. The van der Waals surface area contributed by atoms with E-state index in [9.17, 15) is 0 Å². The van der Waals surface area contributed by atoms with Gasteiger partial charge in [0.15, 0.2) is 0 Å². The molecule has 0 radical (unpaired) electrons. The highest BCUT2D eigenvalue weighted by atomic mass is 15.2. The zero-order valence-corrected chi connectivity index (χ0v) is 13.8. The van der Waals surface area contributed by atoms with E-state index >= 15 is 0 Å². The third kappa shape index (κ3) is 2.72. The van der Waals surface area contributed by atoms with Crippen molar-refractivity contribution in [3.8, 4) is 0 Å². The summed E-state index contributed by atoms with van der Waals surface area (Å²) in [5.74, 6) is 0. The van der Waals surface area contributed by atoms with Crippen LogP contribution in [0, 0.1) is 0 Å². The van der Waals surface area contributed by atoms with Gasteiger partial charge in [0.05, 0.1) is 0 Å². The highest BCUT2D eigenvalue weighted by Crippen LogP contribution is 2.40. The minimum Gasteiger partial charge on any atom is -0.317 e. The average molecular weight is 298 g/mol. The number of benzene rings is 1. The molecule has 2 nitrogen and oxygen atoms in total. The van der Waals surface area contributed by atoms with Gasteiger partial charge in [-0.3, -0.25) is 4.90 Å². The molecule has 1 N–H and O–H groups in total. The summed E-state index contributed by atoms with van der Waals surface area (Å²) in [7, 11) is 0. The normalized spacial score (nSPS) is 31.3. The Hall–Kier alpha value is -0.860. The Morgan fingerprint density at radius 3 is 2.32 bits per heavy atom. The molecule has 0 aliphatic carbocycles. The van der Waals surface area contributed by atoms with Crippen molar-refractivity contribution in [1.29, 1.82) is 0 Å². The SMILES string of the molecule is c1ccc(C2(CCN3C4CCC[C@@H]3CC4)CCNCC2)cc1. The minimum absolute atomic E-state index is 0.420. The summed E-state index contributed by atoms with van der Waals surface area (Å²) < 4.78 is 0. The van der Waals surface area contributed by atoms with E-state index in [1.54, 1.807) is 5.56 Å². The Labute approximate surface area is 135 Å². The van der Waals surface area contributed by atoms with Gasteiger partial charge < -0.3 is 5.32 Å². The quantitative estimate of drug-likeness (QED) is 0.911. The molecule has 3 aliphatic rings. The highest BCUT2D eigenvalue weighted by Gasteiger charge is 2.39. The van der Waals surface area contributed by atoms with E-state index < -0.39 is 0 Å². The summed E-state index contributed by atoms with van der Waals surface area (Å²) in [5.41, 5.74) is 2.00. The monoisotopic (exact) mass is 298 g/mol. The van der Waals surface area contributed by atoms with Crippen LogP contribution in [0.15, 0.2) is 30.3 Å². The maximum atomic E-state index is 3.56. The van der Waals surface area contributed by atoms with E-state index in [4.69, 9.17) is 0 Å². The number of hydrogen-bond donors (Lipinski definition) is 1. The lowest BCUT2D eigenvalue weighted by Crippen LogP contribution is -2.45. The van der Waals surface area contributed by atoms with E-state index in [-0.39, 0.29) is 0 Å². The second-order valence-corrected chi connectivity index (χ2v) is 7.70. The average Bonchev–Trinajstić information content (AvgIpc) is 2.81. The molecule has 0 amide bonds. The smallest absolute Gasteiger partial charge is 0.00987 e. The highest BCUT2D eigenvalue weighted by molar-refractivity contribution is 5.26. The van der Waals surface area contributed by atoms with Crippen molar-refractivity contribution in [2.75, 3.05) is 19.6 Å². The van der Waals surface area contributed by atoms with Gasteiger partial charge in [0.1, 0.15) is 0 Å². The molecule has 3 saturated heterocycles. The summed E-state index contributed by atoms with van der Waals surface area (Å²) in [5, 5.41) is 3.56. The van der Waals surface area contributed by atoms with Crippen LogP contribution in [0.5, 0.6) is 0 Å². The van der Waals surface area contributed by atoms with Gasteiger partial charge in [-0.15, -0.1) is 0 Å². The molecule has 0 spiro atoms. The predicted octanol–water partition coefficient (Wildman–Crippen LogP) is 3.71. The van der Waals surface area contributed by atoms with Gasteiger partial charge >= 0.3 is 0 Å². The Morgan fingerprint density at radius 1 is 0.955 bits per heavy atom. The fourth-order valence-corrected chi connectivity index (χ4v) is 5.31.